The standard InChI is InChI=1S/C9H6Cl3FO4S/c1-2-17-9(14)4-3-5(13)7(11)8(6(4)10)18(12,15)16/h3H,2H2,1H3. The molecule has 0 fully saturated rings. The minimum atomic E-state index is -4.40. The van der Waals surface area contributed by atoms with E-state index < -0.39 is 41.3 Å². The molecule has 0 aliphatic heterocycles. The Labute approximate surface area is 117 Å². The van der Waals surface area contributed by atoms with Crippen LogP contribution in [-0.4, -0.2) is 21.0 Å². The Morgan fingerprint density at radius 1 is 1.39 bits per heavy atom. The topological polar surface area (TPSA) is 60.4 Å². The normalized spacial score (nSPS) is 11.4. The molecular weight excluding hydrogens is 330 g/mol. The van der Waals surface area contributed by atoms with Gasteiger partial charge in [-0.3, -0.25) is 0 Å². The smallest absolute Gasteiger partial charge is 0.339 e. The molecule has 1 aromatic rings. The van der Waals surface area contributed by atoms with Crippen LogP contribution in [0.25, 0.3) is 0 Å². The molecule has 1 rings (SSSR count). The molecule has 0 spiro atoms. The molecule has 9 heteroatoms. The molecule has 4 nitrogen and oxygen atoms in total. The summed E-state index contributed by atoms with van der Waals surface area (Å²) in [5.74, 6) is -2.11. The van der Waals surface area contributed by atoms with Crippen molar-refractivity contribution in [2.45, 2.75) is 11.8 Å². The molecule has 0 atom stereocenters. The first kappa shape index (κ1) is 15.5. The number of rotatable bonds is 3. The fourth-order valence-electron chi connectivity index (χ4n) is 1.15. The molecule has 0 aromatic heterocycles. The van der Waals surface area contributed by atoms with Crippen LogP contribution in [0.5, 0.6) is 0 Å². The molecule has 0 saturated carbocycles. The van der Waals surface area contributed by atoms with Crippen molar-refractivity contribution < 1.29 is 22.3 Å². The summed E-state index contributed by atoms with van der Waals surface area (Å²) in [5.41, 5.74) is -0.459. The number of carbonyl (C=O) groups is 1. The Morgan fingerprint density at radius 3 is 2.39 bits per heavy atom. The number of ether oxygens (including phenoxy) is 1. The lowest BCUT2D eigenvalue weighted by atomic mass is 10.2. The molecule has 0 aliphatic rings. The quantitative estimate of drug-likeness (QED) is 0.483. The van der Waals surface area contributed by atoms with Gasteiger partial charge in [0.1, 0.15) is 10.7 Å². The van der Waals surface area contributed by atoms with Crippen molar-refractivity contribution in [1.29, 1.82) is 0 Å². The second kappa shape index (κ2) is 5.61. The lowest BCUT2D eigenvalue weighted by molar-refractivity contribution is 0.0525. The van der Waals surface area contributed by atoms with E-state index in [1.807, 2.05) is 0 Å². The van der Waals surface area contributed by atoms with Crippen molar-refractivity contribution in [3.63, 3.8) is 0 Å². The molecule has 0 amide bonds. The van der Waals surface area contributed by atoms with Gasteiger partial charge in [0.15, 0.2) is 0 Å². The van der Waals surface area contributed by atoms with E-state index in [0.717, 1.165) is 0 Å². The van der Waals surface area contributed by atoms with Crippen molar-refractivity contribution in [3.8, 4) is 0 Å². The highest BCUT2D eigenvalue weighted by atomic mass is 35.7. The molecular formula is C9H6Cl3FO4S. The molecule has 0 aliphatic carbocycles. The number of hydrogen-bond acceptors (Lipinski definition) is 4. The minimum absolute atomic E-state index is 0.0162. The Balaban J connectivity index is 3.60. The molecule has 0 saturated heterocycles. The molecule has 100 valence electrons. The van der Waals surface area contributed by atoms with Crippen LogP contribution in [0.1, 0.15) is 17.3 Å². The largest absolute Gasteiger partial charge is 0.462 e. The first-order valence-electron chi connectivity index (χ1n) is 4.49. The van der Waals surface area contributed by atoms with E-state index in [1.165, 1.54) is 6.92 Å². The third-order valence-electron chi connectivity index (χ3n) is 1.86. The maximum atomic E-state index is 13.4. The zero-order chi connectivity index (χ0) is 14.1. The van der Waals surface area contributed by atoms with Gasteiger partial charge < -0.3 is 4.74 Å². The van der Waals surface area contributed by atoms with E-state index in [2.05, 4.69) is 4.74 Å². The molecule has 0 radical (unpaired) electrons. The lowest BCUT2D eigenvalue weighted by Crippen LogP contribution is -2.09. The van der Waals surface area contributed by atoms with Crippen molar-refractivity contribution >= 4 is 48.9 Å². The van der Waals surface area contributed by atoms with E-state index in [4.69, 9.17) is 33.9 Å². The van der Waals surface area contributed by atoms with Gasteiger partial charge in [-0.25, -0.2) is 17.6 Å². The summed E-state index contributed by atoms with van der Waals surface area (Å²) >= 11 is 11.1. The van der Waals surface area contributed by atoms with Crippen LogP contribution in [0.15, 0.2) is 11.0 Å². The Morgan fingerprint density at radius 2 is 1.94 bits per heavy atom. The van der Waals surface area contributed by atoms with Gasteiger partial charge in [0.25, 0.3) is 9.05 Å². The van der Waals surface area contributed by atoms with Gasteiger partial charge in [0.2, 0.25) is 0 Å². The highest BCUT2D eigenvalue weighted by Crippen LogP contribution is 2.36. The van der Waals surface area contributed by atoms with E-state index in [9.17, 15) is 17.6 Å². The van der Waals surface area contributed by atoms with Gasteiger partial charge in [0, 0.05) is 10.7 Å². The van der Waals surface area contributed by atoms with Crippen molar-refractivity contribution in [1.82, 2.24) is 0 Å². The maximum Gasteiger partial charge on any atom is 0.339 e. The van der Waals surface area contributed by atoms with Crippen molar-refractivity contribution in [2.24, 2.45) is 0 Å². The van der Waals surface area contributed by atoms with Crippen molar-refractivity contribution in [2.75, 3.05) is 6.61 Å². The fraction of sp³-hybridized carbons (Fsp3) is 0.222. The summed E-state index contributed by atoms with van der Waals surface area (Å²) in [6.07, 6.45) is 0. The highest BCUT2D eigenvalue weighted by Gasteiger charge is 2.28. The van der Waals surface area contributed by atoms with Crippen LogP contribution in [0.3, 0.4) is 0 Å². The second-order valence-electron chi connectivity index (χ2n) is 3.02. The predicted octanol–water partition coefficient (Wildman–Crippen LogP) is 3.24. The van der Waals surface area contributed by atoms with Crippen molar-refractivity contribution in [3.05, 3.63) is 27.5 Å². The van der Waals surface area contributed by atoms with Crippen LogP contribution >= 0.6 is 33.9 Å². The summed E-state index contributed by atoms with van der Waals surface area (Å²) in [7, 11) is 0.682. The van der Waals surface area contributed by atoms with Crippen LogP contribution in [0.4, 0.5) is 4.39 Å². The number of halogens is 4. The van der Waals surface area contributed by atoms with E-state index >= 15 is 0 Å². The SMILES string of the molecule is CCOC(=O)c1cc(F)c(Cl)c(S(=O)(=O)Cl)c1Cl. The Kier molecular flexibility index (Phi) is 4.83. The van der Waals surface area contributed by atoms with Crippen LogP contribution in [0, 0.1) is 5.82 Å². The lowest BCUT2D eigenvalue weighted by Gasteiger charge is -2.09. The minimum Gasteiger partial charge on any atom is -0.462 e. The van der Waals surface area contributed by atoms with E-state index in [-0.39, 0.29) is 6.61 Å². The number of benzene rings is 1. The average molecular weight is 336 g/mol. The third-order valence-corrected chi connectivity index (χ3v) is 4.20. The fourth-order valence-corrected chi connectivity index (χ4v) is 3.52. The average Bonchev–Trinajstić information content (AvgIpc) is 2.22. The van der Waals surface area contributed by atoms with Crippen LogP contribution in [-0.2, 0) is 13.8 Å². The van der Waals surface area contributed by atoms with Crippen LogP contribution in [0.2, 0.25) is 10.0 Å². The van der Waals surface area contributed by atoms with E-state index in [0.29, 0.717) is 6.07 Å². The van der Waals surface area contributed by atoms with E-state index in [1.54, 1.807) is 0 Å². The summed E-state index contributed by atoms with van der Waals surface area (Å²) in [6.45, 7) is 1.54. The molecule has 1 aromatic carbocycles. The second-order valence-corrected chi connectivity index (χ2v) is 6.28. The van der Waals surface area contributed by atoms with Gasteiger partial charge >= 0.3 is 5.97 Å². The van der Waals surface area contributed by atoms with Gasteiger partial charge in [-0.2, -0.15) is 0 Å². The molecule has 0 heterocycles. The Hall–Kier alpha value is -0.560. The third kappa shape index (κ3) is 3.06. The summed E-state index contributed by atoms with van der Waals surface area (Å²) < 4.78 is 40.5. The van der Waals surface area contributed by atoms with Gasteiger partial charge in [-0.1, -0.05) is 23.2 Å². The zero-order valence-electron chi connectivity index (χ0n) is 8.84. The van der Waals surface area contributed by atoms with Gasteiger partial charge in [-0.05, 0) is 13.0 Å². The number of hydrogen-bond donors (Lipinski definition) is 0. The molecule has 0 N–H and O–H groups in total. The first-order valence-corrected chi connectivity index (χ1v) is 7.56. The first-order chi connectivity index (χ1) is 8.20. The van der Waals surface area contributed by atoms with Gasteiger partial charge in [0.05, 0.1) is 22.2 Å². The summed E-state index contributed by atoms with van der Waals surface area (Å²) in [6, 6.07) is 0.689. The molecule has 18 heavy (non-hydrogen) atoms. The monoisotopic (exact) mass is 334 g/mol. The number of esters is 1. The predicted molar refractivity (Wildman–Crippen MR) is 65.4 cm³/mol. The molecule has 0 unspecified atom stereocenters. The number of carbonyl (C=O) groups excluding carboxylic acids is 1. The van der Waals surface area contributed by atoms with Crippen LogP contribution < -0.4 is 0 Å². The zero-order valence-corrected chi connectivity index (χ0v) is 11.9. The summed E-state index contributed by atoms with van der Waals surface area (Å²) in [4.78, 5) is 10.6. The maximum absolute atomic E-state index is 13.4. The van der Waals surface area contributed by atoms with Gasteiger partial charge in [-0.15, -0.1) is 0 Å². The Bertz CT molecular complexity index is 600. The summed E-state index contributed by atoms with van der Waals surface area (Å²) in [5, 5.41) is -1.35. The highest BCUT2D eigenvalue weighted by molar-refractivity contribution is 8.14. The molecule has 0 bridgehead atoms.